The average Bonchev–Trinajstić information content (AvgIpc) is 3.11. The van der Waals surface area contributed by atoms with Gasteiger partial charge in [0, 0.05) is 24.5 Å². The van der Waals surface area contributed by atoms with Crippen molar-refractivity contribution in [1.82, 2.24) is 15.1 Å². The molecule has 0 spiro atoms. The third kappa shape index (κ3) is 4.31. The van der Waals surface area contributed by atoms with Gasteiger partial charge >= 0.3 is 17.8 Å². The molecule has 2 rings (SSSR count). The van der Waals surface area contributed by atoms with Gasteiger partial charge in [-0.3, -0.25) is 14.5 Å². The first-order valence-electron chi connectivity index (χ1n) is 7.73. The fourth-order valence-corrected chi connectivity index (χ4v) is 3.13. The van der Waals surface area contributed by atoms with Crippen molar-refractivity contribution in [3.8, 4) is 0 Å². The van der Waals surface area contributed by atoms with Gasteiger partial charge in [0.05, 0.1) is 19.8 Å². The molecule has 0 aliphatic carbocycles. The van der Waals surface area contributed by atoms with Crippen molar-refractivity contribution in [2.75, 3.05) is 39.4 Å². The van der Waals surface area contributed by atoms with Gasteiger partial charge in [-0.15, -0.1) is 11.3 Å². The second-order valence-corrected chi connectivity index (χ2v) is 6.11. The Labute approximate surface area is 144 Å². The molecule has 0 saturated carbocycles. The molecule has 2 heterocycles. The summed E-state index contributed by atoms with van der Waals surface area (Å²) in [5, 5.41) is 13.4. The Morgan fingerprint density at radius 3 is 2.83 bits per heavy atom. The standard InChI is InChI=1S/C15H21N3O5S/c1-2-17-5-6-18(14(21)13(17)20)15(22)16-10-11(23-8-7-19)12-4-3-9-24-12/h3-4,9,11,19H,2,5-8,10H2,1H3,(H,16,22). The van der Waals surface area contributed by atoms with Crippen LogP contribution in [0, 0.1) is 0 Å². The van der Waals surface area contributed by atoms with Crippen molar-refractivity contribution in [3.05, 3.63) is 22.4 Å². The highest BCUT2D eigenvalue weighted by Gasteiger charge is 2.35. The number of carbonyl (C=O) groups excluding carboxylic acids is 3. The van der Waals surface area contributed by atoms with E-state index in [2.05, 4.69) is 5.32 Å². The number of aliphatic hydroxyl groups is 1. The minimum absolute atomic E-state index is 0.123. The zero-order valence-corrected chi connectivity index (χ0v) is 14.3. The molecule has 0 bridgehead atoms. The average molecular weight is 355 g/mol. The molecule has 8 nitrogen and oxygen atoms in total. The van der Waals surface area contributed by atoms with E-state index in [1.807, 2.05) is 17.5 Å². The molecule has 0 radical (unpaired) electrons. The van der Waals surface area contributed by atoms with Gasteiger partial charge in [-0.2, -0.15) is 0 Å². The van der Waals surface area contributed by atoms with E-state index in [0.717, 1.165) is 9.78 Å². The van der Waals surface area contributed by atoms with Gasteiger partial charge < -0.3 is 20.1 Å². The summed E-state index contributed by atoms with van der Waals surface area (Å²) in [6, 6.07) is 3.12. The molecule has 1 saturated heterocycles. The third-order valence-electron chi connectivity index (χ3n) is 3.65. The van der Waals surface area contributed by atoms with Crippen LogP contribution in [0.2, 0.25) is 0 Å². The lowest BCUT2D eigenvalue weighted by molar-refractivity contribution is -0.153. The molecule has 9 heteroatoms. The SMILES string of the molecule is CCN1CCN(C(=O)NCC(OCCO)c2cccs2)C(=O)C1=O. The summed E-state index contributed by atoms with van der Waals surface area (Å²) in [6.07, 6.45) is -0.413. The van der Waals surface area contributed by atoms with E-state index in [1.54, 1.807) is 6.92 Å². The topological polar surface area (TPSA) is 99.2 Å². The molecule has 4 amide bonds. The maximum absolute atomic E-state index is 12.2. The zero-order chi connectivity index (χ0) is 17.5. The lowest BCUT2D eigenvalue weighted by Crippen LogP contribution is -2.58. The number of carbonyl (C=O) groups is 3. The summed E-state index contributed by atoms with van der Waals surface area (Å²) in [4.78, 5) is 39.3. The van der Waals surface area contributed by atoms with Gasteiger partial charge in [0.15, 0.2) is 0 Å². The van der Waals surface area contributed by atoms with E-state index in [4.69, 9.17) is 9.84 Å². The Kier molecular flexibility index (Phi) is 6.71. The minimum atomic E-state index is -0.815. The van der Waals surface area contributed by atoms with Crippen LogP contribution in [-0.4, -0.2) is 72.1 Å². The number of hydrogen-bond donors (Lipinski definition) is 2. The van der Waals surface area contributed by atoms with Crippen molar-refractivity contribution >= 4 is 29.2 Å². The molecule has 2 N–H and O–H groups in total. The Morgan fingerprint density at radius 1 is 1.42 bits per heavy atom. The van der Waals surface area contributed by atoms with Gasteiger partial charge in [-0.05, 0) is 18.4 Å². The van der Waals surface area contributed by atoms with Crippen molar-refractivity contribution in [3.63, 3.8) is 0 Å². The quantitative estimate of drug-likeness (QED) is 0.681. The number of aliphatic hydroxyl groups excluding tert-OH is 1. The molecular formula is C15H21N3O5S. The molecular weight excluding hydrogens is 334 g/mol. The molecule has 1 aliphatic rings. The smallest absolute Gasteiger partial charge is 0.324 e. The first-order chi connectivity index (χ1) is 11.6. The first-order valence-corrected chi connectivity index (χ1v) is 8.60. The number of hydrogen-bond acceptors (Lipinski definition) is 6. The van der Waals surface area contributed by atoms with Gasteiger partial charge in [0.25, 0.3) is 0 Å². The van der Waals surface area contributed by atoms with Crippen LogP contribution < -0.4 is 5.32 Å². The summed E-state index contributed by atoms with van der Waals surface area (Å²) in [7, 11) is 0. The molecule has 0 aromatic carbocycles. The van der Waals surface area contributed by atoms with E-state index in [0.29, 0.717) is 13.1 Å². The van der Waals surface area contributed by atoms with Crippen LogP contribution >= 0.6 is 11.3 Å². The lowest BCUT2D eigenvalue weighted by Gasteiger charge is -2.32. The number of piperazine rings is 1. The molecule has 1 aromatic rings. The highest BCUT2D eigenvalue weighted by molar-refractivity contribution is 7.10. The van der Waals surface area contributed by atoms with Crippen LogP contribution in [0.15, 0.2) is 17.5 Å². The van der Waals surface area contributed by atoms with Crippen LogP contribution in [0.4, 0.5) is 4.79 Å². The van der Waals surface area contributed by atoms with Crippen LogP contribution in [0.5, 0.6) is 0 Å². The zero-order valence-electron chi connectivity index (χ0n) is 13.4. The highest BCUT2D eigenvalue weighted by Crippen LogP contribution is 2.21. The predicted molar refractivity (Wildman–Crippen MR) is 87.5 cm³/mol. The Morgan fingerprint density at radius 2 is 2.21 bits per heavy atom. The summed E-state index contributed by atoms with van der Waals surface area (Å²) in [5.74, 6) is -1.48. The molecule has 1 unspecified atom stereocenters. The van der Waals surface area contributed by atoms with Crippen molar-refractivity contribution < 1.29 is 24.2 Å². The largest absolute Gasteiger partial charge is 0.394 e. The number of thiophene rings is 1. The molecule has 24 heavy (non-hydrogen) atoms. The second kappa shape index (κ2) is 8.76. The highest BCUT2D eigenvalue weighted by atomic mass is 32.1. The monoisotopic (exact) mass is 355 g/mol. The number of amides is 4. The number of likely N-dealkylation sites (N-methyl/N-ethyl adjacent to an activating group) is 1. The Hall–Kier alpha value is -1.97. The van der Waals surface area contributed by atoms with Gasteiger partial charge in [-0.25, -0.2) is 4.79 Å². The Bertz CT molecular complexity index is 578. The van der Waals surface area contributed by atoms with Crippen molar-refractivity contribution in [2.45, 2.75) is 13.0 Å². The van der Waals surface area contributed by atoms with E-state index in [9.17, 15) is 14.4 Å². The van der Waals surface area contributed by atoms with Crippen LogP contribution in [0.25, 0.3) is 0 Å². The molecule has 132 valence electrons. The Balaban J connectivity index is 1.93. The van der Waals surface area contributed by atoms with E-state index in [1.165, 1.54) is 16.2 Å². The maximum Gasteiger partial charge on any atom is 0.324 e. The van der Waals surface area contributed by atoms with E-state index < -0.39 is 23.9 Å². The third-order valence-corrected chi connectivity index (χ3v) is 4.61. The van der Waals surface area contributed by atoms with Gasteiger partial charge in [0.1, 0.15) is 6.10 Å². The number of imide groups is 1. The van der Waals surface area contributed by atoms with Crippen molar-refractivity contribution in [1.29, 1.82) is 0 Å². The second-order valence-electron chi connectivity index (χ2n) is 5.13. The van der Waals surface area contributed by atoms with Crippen molar-refractivity contribution in [2.24, 2.45) is 0 Å². The molecule has 1 atom stereocenters. The number of nitrogens with zero attached hydrogens (tertiary/aromatic N) is 2. The van der Waals surface area contributed by atoms with Gasteiger partial charge in [0.2, 0.25) is 0 Å². The van der Waals surface area contributed by atoms with Crippen LogP contribution in [0.1, 0.15) is 17.9 Å². The number of nitrogens with one attached hydrogen (secondary N) is 1. The fourth-order valence-electron chi connectivity index (χ4n) is 2.36. The fraction of sp³-hybridized carbons (Fsp3) is 0.533. The number of urea groups is 1. The number of ether oxygens (including phenoxy) is 1. The first kappa shape index (κ1) is 18.4. The predicted octanol–water partition coefficient (Wildman–Crippen LogP) is 0.198. The van der Waals surface area contributed by atoms with E-state index >= 15 is 0 Å². The van der Waals surface area contributed by atoms with Gasteiger partial charge in [-0.1, -0.05) is 6.07 Å². The summed E-state index contributed by atoms with van der Waals surface area (Å²) in [6.45, 7) is 2.90. The number of rotatable bonds is 7. The van der Waals surface area contributed by atoms with E-state index in [-0.39, 0.29) is 26.3 Å². The molecule has 1 aromatic heterocycles. The summed E-state index contributed by atoms with van der Waals surface area (Å²) >= 11 is 1.47. The summed E-state index contributed by atoms with van der Waals surface area (Å²) in [5.41, 5.74) is 0. The normalized spacial score (nSPS) is 16.4. The molecule has 1 aliphatic heterocycles. The van der Waals surface area contributed by atoms with Crippen LogP contribution in [-0.2, 0) is 14.3 Å². The maximum atomic E-state index is 12.2. The summed E-state index contributed by atoms with van der Waals surface area (Å²) < 4.78 is 5.52. The molecule has 1 fully saturated rings. The minimum Gasteiger partial charge on any atom is -0.394 e. The van der Waals surface area contributed by atoms with Crippen LogP contribution in [0.3, 0.4) is 0 Å². The lowest BCUT2D eigenvalue weighted by atomic mass is 10.2.